The van der Waals surface area contributed by atoms with Gasteiger partial charge in [-0.15, -0.1) is 0 Å². The third-order valence-electron chi connectivity index (χ3n) is 3.03. The minimum atomic E-state index is 0.224. The van der Waals surface area contributed by atoms with Crippen molar-refractivity contribution in [3.05, 3.63) is 34.3 Å². The Balaban J connectivity index is 2.67. The van der Waals surface area contributed by atoms with Crippen molar-refractivity contribution >= 4 is 17.4 Å². The highest BCUT2D eigenvalue weighted by atomic mass is 35.5. The molecule has 0 aliphatic carbocycles. The van der Waals surface area contributed by atoms with E-state index in [-0.39, 0.29) is 5.84 Å². The largest absolute Gasteiger partial charge is 0.409 e. The lowest BCUT2D eigenvalue weighted by Gasteiger charge is -2.22. The summed E-state index contributed by atoms with van der Waals surface area (Å²) in [7, 11) is 1.67. The predicted molar refractivity (Wildman–Crippen MR) is 81.4 cm³/mol. The minimum absolute atomic E-state index is 0.224. The third kappa shape index (κ3) is 5.77. The number of oxime groups is 1. The number of benzene rings is 1. The van der Waals surface area contributed by atoms with Crippen LogP contribution in [-0.4, -0.2) is 42.7 Å². The molecule has 1 aromatic rings. The van der Waals surface area contributed by atoms with Crippen molar-refractivity contribution in [3.8, 4) is 0 Å². The Kier molecular flexibility index (Phi) is 7.36. The first-order valence-electron chi connectivity index (χ1n) is 6.49. The summed E-state index contributed by atoms with van der Waals surface area (Å²) in [6.07, 6.45) is 0.504. The molecule has 3 N–H and O–H groups in total. The van der Waals surface area contributed by atoms with Gasteiger partial charge in [0.25, 0.3) is 0 Å². The number of halogens is 1. The average molecular weight is 300 g/mol. The van der Waals surface area contributed by atoms with Gasteiger partial charge in [-0.1, -0.05) is 28.9 Å². The minimum Gasteiger partial charge on any atom is -0.409 e. The Morgan fingerprint density at radius 1 is 1.45 bits per heavy atom. The summed E-state index contributed by atoms with van der Waals surface area (Å²) in [6, 6.07) is 6.02. The number of nitrogens with two attached hydrogens (primary N) is 1. The van der Waals surface area contributed by atoms with E-state index >= 15 is 0 Å². The maximum atomic E-state index is 8.59. The van der Waals surface area contributed by atoms with Gasteiger partial charge in [-0.05, 0) is 24.1 Å². The molecular weight excluding hydrogens is 278 g/mol. The summed E-state index contributed by atoms with van der Waals surface area (Å²) < 4.78 is 5.11. The summed E-state index contributed by atoms with van der Waals surface area (Å²) in [5.41, 5.74) is 7.71. The van der Waals surface area contributed by atoms with E-state index in [0.717, 1.165) is 22.7 Å². The van der Waals surface area contributed by atoms with Gasteiger partial charge in [0.2, 0.25) is 0 Å². The molecule has 5 nitrogen and oxygen atoms in total. The van der Waals surface area contributed by atoms with E-state index < -0.39 is 0 Å². The van der Waals surface area contributed by atoms with Crippen molar-refractivity contribution in [2.45, 2.75) is 19.9 Å². The Morgan fingerprint density at radius 3 is 2.80 bits per heavy atom. The number of amidine groups is 1. The topological polar surface area (TPSA) is 71.1 Å². The fourth-order valence-electron chi connectivity index (χ4n) is 1.83. The molecule has 6 heteroatoms. The zero-order chi connectivity index (χ0) is 15.0. The van der Waals surface area contributed by atoms with Crippen LogP contribution in [0.4, 0.5) is 0 Å². The molecule has 0 spiro atoms. The van der Waals surface area contributed by atoms with Crippen LogP contribution in [0.5, 0.6) is 0 Å². The highest BCUT2D eigenvalue weighted by molar-refractivity contribution is 6.31. The van der Waals surface area contributed by atoms with Crippen molar-refractivity contribution in [1.29, 1.82) is 0 Å². The summed E-state index contributed by atoms with van der Waals surface area (Å²) in [5.74, 6) is 0.224. The zero-order valence-corrected chi connectivity index (χ0v) is 12.7. The van der Waals surface area contributed by atoms with Crippen LogP contribution < -0.4 is 5.73 Å². The molecular formula is C14H22ClN3O2. The zero-order valence-electron chi connectivity index (χ0n) is 12.0. The molecule has 0 saturated heterocycles. The van der Waals surface area contributed by atoms with Gasteiger partial charge < -0.3 is 15.7 Å². The number of nitrogens with zero attached hydrogens (tertiary/aromatic N) is 2. The van der Waals surface area contributed by atoms with Gasteiger partial charge in [-0.3, -0.25) is 4.90 Å². The molecule has 0 saturated carbocycles. The molecule has 20 heavy (non-hydrogen) atoms. The maximum absolute atomic E-state index is 8.59. The SMILES string of the molecule is COCCN(CC/C(N)=N/O)Cc1ccc(C)cc1Cl. The van der Waals surface area contributed by atoms with Gasteiger partial charge in [-0.25, -0.2) is 0 Å². The Labute approximate surface area is 125 Å². The lowest BCUT2D eigenvalue weighted by Crippen LogP contribution is -2.31. The van der Waals surface area contributed by atoms with Crippen LogP contribution in [0, 0.1) is 6.92 Å². The highest BCUT2D eigenvalue weighted by Crippen LogP contribution is 2.19. The van der Waals surface area contributed by atoms with E-state index in [1.165, 1.54) is 0 Å². The second-order valence-electron chi connectivity index (χ2n) is 4.71. The predicted octanol–water partition coefficient (Wildman–Crippen LogP) is 2.23. The smallest absolute Gasteiger partial charge is 0.140 e. The van der Waals surface area contributed by atoms with Crippen molar-refractivity contribution in [3.63, 3.8) is 0 Å². The Morgan fingerprint density at radius 2 is 2.20 bits per heavy atom. The van der Waals surface area contributed by atoms with Crippen LogP contribution in [0.15, 0.2) is 23.4 Å². The molecule has 1 aromatic carbocycles. The van der Waals surface area contributed by atoms with Gasteiger partial charge in [-0.2, -0.15) is 0 Å². The summed E-state index contributed by atoms with van der Waals surface area (Å²) in [5, 5.41) is 12.3. The maximum Gasteiger partial charge on any atom is 0.140 e. The highest BCUT2D eigenvalue weighted by Gasteiger charge is 2.09. The van der Waals surface area contributed by atoms with Crippen LogP contribution in [0.2, 0.25) is 5.02 Å². The molecule has 0 unspecified atom stereocenters. The van der Waals surface area contributed by atoms with Crippen molar-refractivity contribution in [2.75, 3.05) is 26.8 Å². The van der Waals surface area contributed by atoms with E-state index in [1.807, 2.05) is 25.1 Å². The fourth-order valence-corrected chi connectivity index (χ4v) is 2.13. The van der Waals surface area contributed by atoms with E-state index in [2.05, 4.69) is 10.1 Å². The second kappa shape index (κ2) is 8.79. The van der Waals surface area contributed by atoms with E-state index in [4.69, 9.17) is 27.3 Å². The Hall–Kier alpha value is -1.30. The number of rotatable bonds is 8. The summed E-state index contributed by atoms with van der Waals surface area (Å²) in [6.45, 7) is 4.79. The van der Waals surface area contributed by atoms with Crippen LogP contribution in [0.25, 0.3) is 0 Å². The molecule has 0 radical (unpaired) electrons. The molecule has 0 aliphatic rings. The van der Waals surface area contributed by atoms with Gasteiger partial charge in [0.05, 0.1) is 6.61 Å². The standard InChI is InChI=1S/C14H22ClN3O2/c1-11-3-4-12(13(15)9-11)10-18(7-8-20-2)6-5-14(16)17-19/h3-4,9,19H,5-8,10H2,1-2H3,(H2,16,17). The first kappa shape index (κ1) is 16.8. The van der Waals surface area contributed by atoms with Crippen LogP contribution in [0.3, 0.4) is 0 Å². The van der Waals surface area contributed by atoms with Gasteiger partial charge in [0.1, 0.15) is 5.84 Å². The van der Waals surface area contributed by atoms with Gasteiger partial charge in [0.15, 0.2) is 0 Å². The van der Waals surface area contributed by atoms with Crippen molar-refractivity contribution in [2.24, 2.45) is 10.9 Å². The summed E-state index contributed by atoms with van der Waals surface area (Å²) >= 11 is 6.25. The van der Waals surface area contributed by atoms with E-state index in [0.29, 0.717) is 26.1 Å². The fraction of sp³-hybridized carbons (Fsp3) is 0.500. The molecule has 0 atom stereocenters. The third-order valence-corrected chi connectivity index (χ3v) is 3.38. The van der Waals surface area contributed by atoms with Crippen LogP contribution in [-0.2, 0) is 11.3 Å². The van der Waals surface area contributed by atoms with Crippen LogP contribution in [0.1, 0.15) is 17.5 Å². The van der Waals surface area contributed by atoms with Gasteiger partial charge in [0, 0.05) is 38.2 Å². The molecule has 0 fully saturated rings. The number of hydrogen-bond acceptors (Lipinski definition) is 4. The number of hydrogen-bond donors (Lipinski definition) is 2. The molecule has 112 valence electrons. The first-order valence-corrected chi connectivity index (χ1v) is 6.87. The Bertz CT molecular complexity index is 452. The molecule has 0 amide bonds. The van der Waals surface area contributed by atoms with Crippen molar-refractivity contribution < 1.29 is 9.94 Å². The number of methoxy groups -OCH3 is 1. The van der Waals surface area contributed by atoms with E-state index in [1.54, 1.807) is 7.11 Å². The molecule has 1 rings (SSSR count). The molecule has 0 bridgehead atoms. The second-order valence-corrected chi connectivity index (χ2v) is 5.11. The average Bonchev–Trinajstić information content (AvgIpc) is 2.43. The van der Waals surface area contributed by atoms with Gasteiger partial charge >= 0.3 is 0 Å². The van der Waals surface area contributed by atoms with E-state index in [9.17, 15) is 0 Å². The first-order chi connectivity index (χ1) is 9.56. The molecule has 0 heterocycles. The monoisotopic (exact) mass is 299 g/mol. The van der Waals surface area contributed by atoms with Crippen LogP contribution >= 0.6 is 11.6 Å². The normalized spacial score (nSPS) is 12.1. The molecule has 0 aromatic heterocycles. The van der Waals surface area contributed by atoms with Crippen molar-refractivity contribution in [1.82, 2.24) is 4.90 Å². The summed E-state index contributed by atoms with van der Waals surface area (Å²) in [4.78, 5) is 2.16. The lowest BCUT2D eigenvalue weighted by atomic mass is 10.1. The lowest BCUT2D eigenvalue weighted by molar-refractivity contribution is 0.145. The quantitative estimate of drug-likeness (QED) is 0.334. The number of aryl methyl sites for hydroxylation is 1. The number of ether oxygens (including phenoxy) is 1. The molecule has 0 aliphatic heterocycles.